The molecule has 10 heteroatoms. The van der Waals surface area contributed by atoms with Crippen molar-refractivity contribution in [2.45, 2.75) is 31.0 Å². The van der Waals surface area contributed by atoms with Gasteiger partial charge in [0, 0.05) is 5.56 Å². The Kier molecular flexibility index (Phi) is 6.78. The van der Waals surface area contributed by atoms with E-state index >= 15 is 0 Å². The molecule has 0 saturated heterocycles. The highest BCUT2D eigenvalue weighted by molar-refractivity contribution is 7.92. The van der Waals surface area contributed by atoms with Crippen LogP contribution in [-0.4, -0.2) is 14.3 Å². The number of nitrogens with one attached hydrogen (secondary N) is 2. The number of carbonyl (C=O) groups is 1. The van der Waals surface area contributed by atoms with E-state index in [9.17, 15) is 30.8 Å². The summed E-state index contributed by atoms with van der Waals surface area (Å²) in [5.41, 5.74) is -0.0537. The lowest BCUT2D eigenvalue weighted by molar-refractivity contribution is -0.137. The fourth-order valence-corrected chi connectivity index (χ4v) is 4.17. The standard InChI is InChI=1S/C23H20F4N2O3S/c1-14-7-12-18(33(31,32)29-21-6-4-3-5-20(21)24)13-19(14)22(30)28-15(2)16-8-10-17(11-9-16)23(25,26)27/h3-13,15,29H,1-2H3,(H,28,30). The molecule has 2 N–H and O–H groups in total. The van der Waals surface area contributed by atoms with Crippen LogP contribution in [0.4, 0.5) is 23.2 Å². The predicted molar refractivity (Wildman–Crippen MR) is 116 cm³/mol. The number of benzene rings is 3. The van der Waals surface area contributed by atoms with Crippen molar-refractivity contribution in [1.29, 1.82) is 0 Å². The zero-order valence-corrected chi connectivity index (χ0v) is 18.4. The van der Waals surface area contributed by atoms with Gasteiger partial charge in [0.05, 0.1) is 22.2 Å². The lowest BCUT2D eigenvalue weighted by Gasteiger charge is -2.17. The van der Waals surface area contributed by atoms with Crippen molar-refractivity contribution in [2.24, 2.45) is 0 Å². The van der Waals surface area contributed by atoms with Gasteiger partial charge >= 0.3 is 6.18 Å². The summed E-state index contributed by atoms with van der Waals surface area (Å²) >= 11 is 0. The van der Waals surface area contributed by atoms with Gasteiger partial charge in [0.2, 0.25) is 0 Å². The van der Waals surface area contributed by atoms with E-state index < -0.39 is 39.5 Å². The van der Waals surface area contributed by atoms with Gasteiger partial charge in [0.1, 0.15) is 5.82 Å². The second kappa shape index (κ2) is 9.22. The number of rotatable bonds is 6. The third-order valence-corrected chi connectivity index (χ3v) is 6.33. The summed E-state index contributed by atoms with van der Waals surface area (Å²) in [6.45, 7) is 3.20. The van der Waals surface area contributed by atoms with E-state index in [1.807, 2.05) is 0 Å². The summed E-state index contributed by atoms with van der Waals surface area (Å²) in [6.07, 6.45) is -4.47. The van der Waals surface area contributed by atoms with Crippen LogP contribution in [0.15, 0.2) is 71.6 Å². The highest BCUT2D eigenvalue weighted by Crippen LogP contribution is 2.30. The molecule has 3 aromatic rings. The first-order valence-electron chi connectivity index (χ1n) is 9.74. The molecule has 174 valence electrons. The normalized spacial score (nSPS) is 12.8. The van der Waals surface area contributed by atoms with Crippen molar-refractivity contribution in [3.05, 3.63) is 94.8 Å². The van der Waals surface area contributed by atoms with E-state index in [2.05, 4.69) is 10.0 Å². The summed E-state index contributed by atoms with van der Waals surface area (Å²) in [4.78, 5) is 12.6. The number of hydrogen-bond donors (Lipinski definition) is 2. The summed E-state index contributed by atoms with van der Waals surface area (Å²) in [7, 11) is -4.18. The van der Waals surface area contributed by atoms with Gasteiger partial charge in [-0.05, 0) is 61.4 Å². The first-order chi connectivity index (χ1) is 15.4. The van der Waals surface area contributed by atoms with Gasteiger partial charge in [-0.1, -0.05) is 30.3 Å². The largest absolute Gasteiger partial charge is 0.416 e. The van der Waals surface area contributed by atoms with E-state index in [1.54, 1.807) is 13.8 Å². The maximum Gasteiger partial charge on any atom is 0.416 e. The van der Waals surface area contributed by atoms with Crippen LogP contribution >= 0.6 is 0 Å². The highest BCUT2D eigenvalue weighted by atomic mass is 32.2. The molecule has 0 aliphatic carbocycles. The zero-order valence-electron chi connectivity index (χ0n) is 17.6. The Labute approximate surface area is 188 Å². The van der Waals surface area contributed by atoms with Crippen LogP contribution in [0.5, 0.6) is 0 Å². The van der Waals surface area contributed by atoms with Gasteiger partial charge in [-0.25, -0.2) is 12.8 Å². The van der Waals surface area contributed by atoms with Crippen molar-refractivity contribution in [3.63, 3.8) is 0 Å². The number of alkyl halides is 3. The molecule has 3 rings (SSSR count). The average molecular weight is 480 g/mol. The molecule has 3 aromatic carbocycles. The molecule has 1 atom stereocenters. The van der Waals surface area contributed by atoms with Gasteiger partial charge in [-0.15, -0.1) is 0 Å². The summed E-state index contributed by atoms with van der Waals surface area (Å²) in [5.74, 6) is -1.36. The Morgan fingerprint density at radius 2 is 1.61 bits per heavy atom. The van der Waals surface area contributed by atoms with Crippen molar-refractivity contribution in [3.8, 4) is 0 Å². The molecule has 0 saturated carbocycles. The molecule has 0 aliphatic heterocycles. The third kappa shape index (κ3) is 5.70. The number of hydrogen-bond acceptors (Lipinski definition) is 3. The number of para-hydroxylation sites is 1. The molecular formula is C23H20F4N2O3S. The van der Waals surface area contributed by atoms with E-state index in [4.69, 9.17) is 0 Å². The van der Waals surface area contributed by atoms with E-state index in [0.717, 1.165) is 24.3 Å². The minimum Gasteiger partial charge on any atom is -0.346 e. The lowest BCUT2D eigenvalue weighted by Crippen LogP contribution is -2.27. The topological polar surface area (TPSA) is 75.3 Å². The SMILES string of the molecule is Cc1ccc(S(=O)(=O)Nc2ccccc2F)cc1C(=O)NC(C)c1ccc(C(F)(F)F)cc1. The van der Waals surface area contributed by atoms with Crippen LogP contribution < -0.4 is 10.0 Å². The Balaban J connectivity index is 1.81. The lowest BCUT2D eigenvalue weighted by atomic mass is 10.0. The average Bonchev–Trinajstić information content (AvgIpc) is 2.74. The summed E-state index contributed by atoms with van der Waals surface area (Å²) in [5, 5.41) is 2.65. The highest BCUT2D eigenvalue weighted by Gasteiger charge is 2.30. The number of amides is 1. The molecule has 1 unspecified atom stereocenters. The summed E-state index contributed by atoms with van der Waals surface area (Å²) in [6, 6.07) is 12.9. The molecular weight excluding hydrogens is 460 g/mol. The van der Waals surface area contributed by atoms with Gasteiger partial charge in [-0.2, -0.15) is 13.2 Å². The first-order valence-corrected chi connectivity index (χ1v) is 11.2. The van der Waals surface area contributed by atoms with Crippen molar-refractivity contribution < 1.29 is 30.8 Å². The van der Waals surface area contributed by atoms with Crippen LogP contribution in [0.1, 0.15) is 40.0 Å². The zero-order chi connectivity index (χ0) is 24.4. The number of anilines is 1. The molecule has 0 fully saturated rings. The van der Waals surface area contributed by atoms with Crippen LogP contribution in [0, 0.1) is 12.7 Å². The Morgan fingerprint density at radius 3 is 2.21 bits per heavy atom. The van der Waals surface area contributed by atoms with Crippen molar-refractivity contribution in [2.75, 3.05) is 4.72 Å². The second-order valence-corrected chi connectivity index (χ2v) is 9.06. The first kappa shape index (κ1) is 24.2. The molecule has 5 nitrogen and oxygen atoms in total. The minimum absolute atomic E-state index is 0.0603. The molecule has 0 radical (unpaired) electrons. The molecule has 33 heavy (non-hydrogen) atoms. The third-order valence-electron chi connectivity index (χ3n) is 4.97. The van der Waals surface area contributed by atoms with Gasteiger partial charge in [0.25, 0.3) is 15.9 Å². The number of carbonyl (C=O) groups excluding carboxylic acids is 1. The Hall–Kier alpha value is -3.40. The fourth-order valence-electron chi connectivity index (χ4n) is 3.08. The Morgan fingerprint density at radius 1 is 0.970 bits per heavy atom. The molecule has 0 aliphatic rings. The van der Waals surface area contributed by atoms with Crippen molar-refractivity contribution >= 4 is 21.6 Å². The fraction of sp³-hybridized carbons (Fsp3) is 0.174. The molecule has 0 heterocycles. The molecule has 0 bridgehead atoms. The van der Waals surface area contributed by atoms with E-state index in [-0.39, 0.29) is 16.1 Å². The summed E-state index contributed by atoms with van der Waals surface area (Å²) < 4.78 is 79.6. The van der Waals surface area contributed by atoms with Gasteiger partial charge in [-0.3, -0.25) is 9.52 Å². The molecule has 0 aromatic heterocycles. The van der Waals surface area contributed by atoms with Crippen LogP contribution in [0.2, 0.25) is 0 Å². The Bertz CT molecular complexity index is 1270. The minimum atomic E-state index is -4.47. The monoisotopic (exact) mass is 480 g/mol. The quantitative estimate of drug-likeness (QED) is 0.461. The van der Waals surface area contributed by atoms with E-state index in [1.165, 1.54) is 42.5 Å². The molecule has 0 spiro atoms. The number of sulfonamides is 1. The smallest absolute Gasteiger partial charge is 0.346 e. The van der Waals surface area contributed by atoms with Gasteiger partial charge in [0.15, 0.2) is 0 Å². The molecule has 1 amide bonds. The van der Waals surface area contributed by atoms with Gasteiger partial charge < -0.3 is 5.32 Å². The number of halogens is 4. The van der Waals surface area contributed by atoms with Crippen molar-refractivity contribution in [1.82, 2.24) is 5.32 Å². The maximum absolute atomic E-state index is 13.8. The second-order valence-electron chi connectivity index (χ2n) is 7.38. The maximum atomic E-state index is 13.8. The van der Waals surface area contributed by atoms with E-state index in [0.29, 0.717) is 11.1 Å². The van der Waals surface area contributed by atoms with Crippen LogP contribution in [0.25, 0.3) is 0 Å². The number of aryl methyl sites for hydroxylation is 1. The van der Waals surface area contributed by atoms with Crippen LogP contribution in [0.3, 0.4) is 0 Å². The van der Waals surface area contributed by atoms with Crippen LogP contribution in [-0.2, 0) is 16.2 Å². The predicted octanol–water partition coefficient (Wildman–Crippen LogP) is 5.44.